The Balaban J connectivity index is 2.37. The minimum absolute atomic E-state index is 0.108. The summed E-state index contributed by atoms with van der Waals surface area (Å²) in [6.45, 7) is 8.23. The molecule has 0 fully saturated rings. The summed E-state index contributed by atoms with van der Waals surface area (Å²) in [7, 11) is 0. The van der Waals surface area contributed by atoms with Crippen LogP contribution in [0.4, 0.5) is 0 Å². The average Bonchev–Trinajstić information content (AvgIpc) is 2.84. The predicted octanol–water partition coefficient (Wildman–Crippen LogP) is 4.67. The van der Waals surface area contributed by atoms with Gasteiger partial charge < -0.3 is 9.88 Å². The second kappa shape index (κ2) is 7.01. The second-order valence-electron chi connectivity index (χ2n) is 5.60. The van der Waals surface area contributed by atoms with Crippen LogP contribution in [0.3, 0.4) is 0 Å². The van der Waals surface area contributed by atoms with E-state index in [4.69, 9.17) is 11.6 Å². The summed E-state index contributed by atoms with van der Waals surface area (Å²) < 4.78 is 2.12. The lowest BCUT2D eigenvalue weighted by molar-refractivity contribution is 0.0935. The highest BCUT2D eigenvalue weighted by Crippen LogP contribution is 2.23. The number of carbonyl (C=O) groups is 1. The normalized spacial score (nSPS) is 11.0. The lowest BCUT2D eigenvalue weighted by Crippen LogP contribution is -2.34. The number of halogens is 1. The summed E-state index contributed by atoms with van der Waals surface area (Å²) in [6, 6.07) is 9.90. The molecular formula is C18H23ClN2O. The fourth-order valence-corrected chi connectivity index (χ4v) is 2.86. The topological polar surface area (TPSA) is 34.0 Å². The molecule has 1 heterocycles. The average molecular weight is 319 g/mol. The van der Waals surface area contributed by atoms with Crippen molar-refractivity contribution in [1.82, 2.24) is 9.88 Å². The molecule has 0 aliphatic heterocycles. The van der Waals surface area contributed by atoms with Crippen LogP contribution >= 0.6 is 11.6 Å². The molecule has 0 aliphatic carbocycles. The molecule has 0 atom stereocenters. The molecule has 0 spiro atoms. The zero-order valence-corrected chi connectivity index (χ0v) is 14.4. The number of amides is 1. The van der Waals surface area contributed by atoms with Crippen LogP contribution in [0, 0.1) is 13.8 Å². The molecule has 1 amide bonds. The summed E-state index contributed by atoms with van der Waals surface area (Å²) in [5.74, 6) is -0.108. The fraction of sp³-hybridized carbons (Fsp3) is 0.389. The van der Waals surface area contributed by atoms with Gasteiger partial charge in [-0.1, -0.05) is 25.4 Å². The maximum atomic E-state index is 12.5. The number of rotatable bonds is 5. The third kappa shape index (κ3) is 3.36. The van der Waals surface area contributed by atoms with Crippen molar-refractivity contribution in [1.29, 1.82) is 0 Å². The number of nitrogens with zero attached hydrogens (tertiary/aromatic N) is 1. The van der Waals surface area contributed by atoms with Gasteiger partial charge >= 0.3 is 0 Å². The molecule has 1 aromatic carbocycles. The Bertz CT molecular complexity index is 652. The molecule has 0 aliphatic rings. The van der Waals surface area contributed by atoms with E-state index >= 15 is 0 Å². The van der Waals surface area contributed by atoms with Gasteiger partial charge in [-0.3, -0.25) is 4.79 Å². The van der Waals surface area contributed by atoms with Crippen LogP contribution in [0.2, 0.25) is 5.02 Å². The van der Waals surface area contributed by atoms with Gasteiger partial charge in [0.05, 0.1) is 10.6 Å². The highest BCUT2D eigenvalue weighted by Gasteiger charge is 2.15. The van der Waals surface area contributed by atoms with Crippen molar-refractivity contribution >= 4 is 17.5 Å². The molecule has 2 aromatic rings. The molecule has 0 bridgehead atoms. The number of nitrogens with one attached hydrogen (secondary N) is 1. The first-order valence-electron chi connectivity index (χ1n) is 7.73. The standard InChI is InChI=1S/C18H23ClN2O/c1-5-14(6-2)20-18(22)16-11-15(9-10-17(16)19)21-12(3)7-8-13(21)4/h7-11,14H,5-6H2,1-4H3,(H,20,22). The van der Waals surface area contributed by atoms with Crippen molar-refractivity contribution in [3.05, 3.63) is 52.3 Å². The lowest BCUT2D eigenvalue weighted by Gasteiger charge is -2.16. The SMILES string of the molecule is CCC(CC)NC(=O)c1cc(-n2c(C)ccc2C)ccc1Cl. The molecule has 22 heavy (non-hydrogen) atoms. The molecule has 0 saturated heterocycles. The van der Waals surface area contributed by atoms with E-state index in [0.29, 0.717) is 10.6 Å². The van der Waals surface area contributed by atoms with Crippen molar-refractivity contribution in [2.75, 3.05) is 0 Å². The fourth-order valence-electron chi connectivity index (χ4n) is 2.66. The van der Waals surface area contributed by atoms with E-state index in [1.54, 1.807) is 6.07 Å². The molecule has 3 nitrogen and oxygen atoms in total. The van der Waals surface area contributed by atoms with Gasteiger partial charge in [-0.15, -0.1) is 0 Å². The van der Waals surface area contributed by atoms with E-state index in [2.05, 4.69) is 35.9 Å². The lowest BCUT2D eigenvalue weighted by atomic mass is 10.1. The van der Waals surface area contributed by atoms with E-state index in [9.17, 15) is 4.79 Å². The molecule has 4 heteroatoms. The Morgan fingerprint density at radius 3 is 2.27 bits per heavy atom. The number of benzene rings is 1. The Morgan fingerprint density at radius 1 is 1.14 bits per heavy atom. The first kappa shape index (κ1) is 16.6. The predicted molar refractivity (Wildman–Crippen MR) is 92.1 cm³/mol. The van der Waals surface area contributed by atoms with Gasteiger partial charge in [-0.25, -0.2) is 0 Å². The number of carbonyl (C=O) groups excluding carboxylic acids is 1. The summed E-state index contributed by atoms with van der Waals surface area (Å²) in [5.41, 5.74) is 3.75. The first-order chi connectivity index (χ1) is 10.5. The largest absolute Gasteiger partial charge is 0.349 e. The van der Waals surface area contributed by atoms with Crippen molar-refractivity contribution in [2.45, 2.75) is 46.6 Å². The Hall–Kier alpha value is -1.74. The molecule has 0 radical (unpaired) electrons. The monoisotopic (exact) mass is 318 g/mol. The van der Waals surface area contributed by atoms with Crippen LogP contribution in [0.25, 0.3) is 5.69 Å². The molecule has 1 aromatic heterocycles. The van der Waals surface area contributed by atoms with Crippen molar-refractivity contribution in [3.8, 4) is 5.69 Å². The van der Waals surface area contributed by atoms with E-state index in [1.165, 1.54) is 0 Å². The number of hydrogen-bond acceptors (Lipinski definition) is 1. The summed E-state index contributed by atoms with van der Waals surface area (Å²) in [5, 5.41) is 3.52. The minimum Gasteiger partial charge on any atom is -0.349 e. The van der Waals surface area contributed by atoms with Crippen LogP contribution in [-0.2, 0) is 0 Å². The molecule has 1 N–H and O–H groups in total. The van der Waals surface area contributed by atoms with Crippen LogP contribution in [0.15, 0.2) is 30.3 Å². The van der Waals surface area contributed by atoms with E-state index in [1.807, 2.05) is 26.0 Å². The maximum absolute atomic E-state index is 12.5. The van der Waals surface area contributed by atoms with Crippen LogP contribution in [0.1, 0.15) is 48.4 Å². The summed E-state index contributed by atoms with van der Waals surface area (Å²) in [6.07, 6.45) is 1.82. The molecule has 0 unspecified atom stereocenters. The second-order valence-corrected chi connectivity index (χ2v) is 6.01. The highest BCUT2D eigenvalue weighted by molar-refractivity contribution is 6.33. The van der Waals surface area contributed by atoms with Crippen LogP contribution in [-0.4, -0.2) is 16.5 Å². The van der Waals surface area contributed by atoms with E-state index in [0.717, 1.165) is 29.9 Å². The van der Waals surface area contributed by atoms with Gasteiger partial charge in [0.2, 0.25) is 0 Å². The Morgan fingerprint density at radius 2 is 1.73 bits per heavy atom. The van der Waals surface area contributed by atoms with Crippen LogP contribution < -0.4 is 5.32 Å². The van der Waals surface area contributed by atoms with Gasteiger partial charge in [-0.2, -0.15) is 0 Å². The van der Waals surface area contributed by atoms with E-state index < -0.39 is 0 Å². The van der Waals surface area contributed by atoms with Gasteiger partial charge in [0.25, 0.3) is 5.91 Å². The number of aromatic nitrogens is 1. The molecular weight excluding hydrogens is 296 g/mol. The van der Waals surface area contributed by atoms with E-state index in [-0.39, 0.29) is 11.9 Å². The first-order valence-corrected chi connectivity index (χ1v) is 8.11. The molecule has 118 valence electrons. The zero-order valence-electron chi connectivity index (χ0n) is 13.6. The van der Waals surface area contributed by atoms with Gasteiger partial charge in [0.15, 0.2) is 0 Å². The number of hydrogen-bond donors (Lipinski definition) is 1. The van der Waals surface area contributed by atoms with Gasteiger partial charge in [0, 0.05) is 23.1 Å². The molecule has 2 rings (SSSR count). The van der Waals surface area contributed by atoms with Crippen molar-refractivity contribution in [3.63, 3.8) is 0 Å². The zero-order chi connectivity index (χ0) is 16.3. The van der Waals surface area contributed by atoms with Crippen molar-refractivity contribution < 1.29 is 4.79 Å². The van der Waals surface area contributed by atoms with Gasteiger partial charge in [-0.05, 0) is 57.0 Å². The smallest absolute Gasteiger partial charge is 0.253 e. The third-order valence-electron chi connectivity index (χ3n) is 4.04. The number of aryl methyl sites for hydroxylation is 2. The maximum Gasteiger partial charge on any atom is 0.253 e. The Labute approximate surface area is 137 Å². The van der Waals surface area contributed by atoms with Gasteiger partial charge in [0.1, 0.15) is 0 Å². The quantitative estimate of drug-likeness (QED) is 0.854. The minimum atomic E-state index is -0.108. The van der Waals surface area contributed by atoms with Crippen molar-refractivity contribution in [2.24, 2.45) is 0 Å². The Kier molecular flexibility index (Phi) is 5.30. The third-order valence-corrected chi connectivity index (χ3v) is 4.37. The van der Waals surface area contributed by atoms with Crippen LogP contribution in [0.5, 0.6) is 0 Å². The summed E-state index contributed by atoms with van der Waals surface area (Å²) in [4.78, 5) is 12.5. The summed E-state index contributed by atoms with van der Waals surface area (Å²) >= 11 is 6.23. The highest BCUT2D eigenvalue weighted by atomic mass is 35.5. The molecule has 0 saturated carbocycles.